The Kier molecular flexibility index (Phi) is 8.06. The second kappa shape index (κ2) is 10.9. The monoisotopic (exact) mass is 428 g/mol. The van der Waals surface area contributed by atoms with Crippen molar-refractivity contribution in [2.45, 2.75) is 51.7 Å². The second-order valence-corrected chi connectivity index (χ2v) is 8.18. The number of likely N-dealkylation sites (N-methyl/N-ethyl adjacent to an activating group) is 1. The first-order valence-electron chi connectivity index (χ1n) is 10.7. The Morgan fingerprint density at radius 2 is 2.13 bits per heavy atom. The maximum atomic E-state index is 12.7. The topological polar surface area (TPSA) is 96.7 Å². The van der Waals surface area contributed by atoms with Crippen molar-refractivity contribution in [3.8, 4) is 5.75 Å². The van der Waals surface area contributed by atoms with Gasteiger partial charge in [-0.05, 0) is 37.5 Å². The molecule has 2 aromatic rings. The molecule has 1 fully saturated rings. The van der Waals surface area contributed by atoms with E-state index in [4.69, 9.17) is 9.26 Å². The van der Waals surface area contributed by atoms with Gasteiger partial charge in [0.15, 0.2) is 0 Å². The van der Waals surface area contributed by atoms with E-state index in [1.54, 1.807) is 25.1 Å². The third kappa shape index (κ3) is 6.82. The Morgan fingerprint density at radius 3 is 2.87 bits per heavy atom. The molecule has 8 nitrogen and oxygen atoms in total. The molecule has 1 aliphatic rings. The summed E-state index contributed by atoms with van der Waals surface area (Å²) in [6.07, 6.45) is 2.68. The van der Waals surface area contributed by atoms with Gasteiger partial charge < -0.3 is 24.8 Å². The van der Waals surface area contributed by atoms with E-state index in [1.807, 2.05) is 25.1 Å². The first-order chi connectivity index (χ1) is 14.9. The lowest BCUT2D eigenvalue weighted by atomic mass is 9.96. The van der Waals surface area contributed by atoms with E-state index in [0.29, 0.717) is 37.5 Å². The Balaban J connectivity index is 1.54. The predicted molar refractivity (Wildman–Crippen MR) is 116 cm³/mol. The summed E-state index contributed by atoms with van der Waals surface area (Å²) < 4.78 is 10.3. The van der Waals surface area contributed by atoms with Gasteiger partial charge in [0.25, 0.3) is 0 Å². The van der Waals surface area contributed by atoms with Crippen molar-refractivity contribution in [2.24, 2.45) is 5.92 Å². The lowest BCUT2D eigenvalue weighted by Crippen LogP contribution is -2.41. The van der Waals surface area contributed by atoms with Crippen LogP contribution in [-0.2, 0) is 22.7 Å². The van der Waals surface area contributed by atoms with E-state index in [9.17, 15) is 9.59 Å². The minimum absolute atomic E-state index is 0.00693. The number of ether oxygens (including phenoxy) is 1. The average molecular weight is 429 g/mol. The molecule has 168 valence electrons. The van der Waals surface area contributed by atoms with Crippen LogP contribution in [0.2, 0.25) is 0 Å². The molecule has 1 saturated heterocycles. The SMILES string of the molecule is COc1cccc(CNC2CCCC(C(=O)NCc3cc(C)on3)CC(=O)N(C)C2)c1. The summed E-state index contributed by atoms with van der Waals surface area (Å²) in [5.41, 5.74) is 1.81. The molecule has 3 rings (SSSR count). The van der Waals surface area contributed by atoms with Gasteiger partial charge in [0.2, 0.25) is 11.8 Å². The van der Waals surface area contributed by atoms with Gasteiger partial charge in [0.05, 0.1) is 13.7 Å². The fourth-order valence-corrected chi connectivity index (χ4v) is 3.86. The molecular formula is C23H32N4O4. The highest BCUT2D eigenvalue weighted by Gasteiger charge is 2.27. The van der Waals surface area contributed by atoms with Crippen LogP contribution < -0.4 is 15.4 Å². The van der Waals surface area contributed by atoms with Crippen LogP contribution in [0.3, 0.4) is 0 Å². The van der Waals surface area contributed by atoms with Gasteiger partial charge in [-0.2, -0.15) is 0 Å². The molecule has 0 bridgehead atoms. The number of carbonyl (C=O) groups excluding carboxylic acids is 2. The summed E-state index contributed by atoms with van der Waals surface area (Å²) in [5, 5.41) is 10.3. The standard InChI is InChI=1S/C23H32N4O4/c1-16-10-20(26-31-16)14-25-23(29)18-7-5-8-19(15-27(2)22(28)12-18)24-13-17-6-4-9-21(11-17)30-3/h4,6,9-11,18-19,24H,5,7-8,12-15H2,1-3H3,(H,25,29). The molecule has 0 radical (unpaired) electrons. The quantitative estimate of drug-likeness (QED) is 0.703. The maximum Gasteiger partial charge on any atom is 0.223 e. The van der Waals surface area contributed by atoms with Gasteiger partial charge in [-0.25, -0.2) is 0 Å². The van der Waals surface area contributed by atoms with Crippen LogP contribution in [-0.4, -0.2) is 48.6 Å². The molecule has 2 atom stereocenters. The molecule has 2 heterocycles. The highest BCUT2D eigenvalue weighted by Crippen LogP contribution is 2.20. The van der Waals surface area contributed by atoms with Crippen molar-refractivity contribution < 1.29 is 18.8 Å². The molecule has 1 aliphatic heterocycles. The normalized spacial score (nSPS) is 20.0. The molecule has 2 N–H and O–H groups in total. The van der Waals surface area contributed by atoms with Crippen molar-refractivity contribution >= 4 is 11.8 Å². The molecule has 2 amide bonds. The molecule has 2 unspecified atom stereocenters. The van der Waals surface area contributed by atoms with Crippen molar-refractivity contribution in [2.75, 3.05) is 20.7 Å². The van der Waals surface area contributed by atoms with E-state index in [-0.39, 0.29) is 30.2 Å². The van der Waals surface area contributed by atoms with E-state index in [0.717, 1.165) is 24.2 Å². The Bertz CT molecular complexity index is 882. The lowest BCUT2D eigenvalue weighted by molar-refractivity contribution is -0.135. The van der Waals surface area contributed by atoms with E-state index >= 15 is 0 Å². The molecule has 0 spiro atoms. The molecule has 0 aliphatic carbocycles. The van der Waals surface area contributed by atoms with Crippen molar-refractivity contribution in [1.29, 1.82) is 0 Å². The van der Waals surface area contributed by atoms with Crippen LogP contribution >= 0.6 is 0 Å². The van der Waals surface area contributed by atoms with E-state index < -0.39 is 0 Å². The number of amides is 2. The third-order valence-corrected chi connectivity index (χ3v) is 5.67. The number of nitrogens with zero attached hydrogens (tertiary/aromatic N) is 2. The van der Waals surface area contributed by atoms with Crippen molar-refractivity contribution in [3.63, 3.8) is 0 Å². The van der Waals surface area contributed by atoms with Gasteiger partial charge in [-0.3, -0.25) is 9.59 Å². The summed E-state index contributed by atoms with van der Waals surface area (Å²) in [4.78, 5) is 27.1. The van der Waals surface area contributed by atoms with Crippen LogP contribution in [0.1, 0.15) is 42.7 Å². The number of benzene rings is 1. The third-order valence-electron chi connectivity index (χ3n) is 5.67. The molecule has 1 aromatic heterocycles. The van der Waals surface area contributed by atoms with E-state index in [1.165, 1.54) is 0 Å². The van der Waals surface area contributed by atoms with Crippen LogP contribution in [0, 0.1) is 12.8 Å². The summed E-state index contributed by atoms with van der Waals surface area (Å²) in [7, 11) is 3.46. The number of hydrogen-bond donors (Lipinski definition) is 2. The smallest absolute Gasteiger partial charge is 0.223 e. The number of nitrogens with one attached hydrogen (secondary N) is 2. The lowest BCUT2D eigenvalue weighted by Gasteiger charge is -2.24. The Morgan fingerprint density at radius 1 is 1.29 bits per heavy atom. The minimum atomic E-state index is -0.333. The second-order valence-electron chi connectivity index (χ2n) is 8.18. The van der Waals surface area contributed by atoms with Crippen LogP contribution in [0.15, 0.2) is 34.9 Å². The number of carbonyl (C=O) groups is 2. The van der Waals surface area contributed by atoms with Crippen LogP contribution in [0.25, 0.3) is 0 Å². The molecule has 8 heteroatoms. The first kappa shape index (κ1) is 22.8. The van der Waals surface area contributed by atoms with Crippen molar-refractivity contribution in [3.05, 3.63) is 47.3 Å². The summed E-state index contributed by atoms with van der Waals surface area (Å²) in [6.45, 7) is 3.44. The van der Waals surface area contributed by atoms with E-state index in [2.05, 4.69) is 21.9 Å². The number of methoxy groups -OCH3 is 1. The number of aromatic nitrogens is 1. The number of aryl methyl sites for hydroxylation is 1. The molecule has 1 aromatic carbocycles. The summed E-state index contributed by atoms with van der Waals surface area (Å²) in [5.74, 6) is 1.09. The fourth-order valence-electron chi connectivity index (χ4n) is 3.86. The number of rotatable bonds is 7. The summed E-state index contributed by atoms with van der Waals surface area (Å²) >= 11 is 0. The first-order valence-corrected chi connectivity index (χ1v) is 10.7. The maximum absolute atomic E-state index is 12.7. The molecule has 31 heavy (non-hydrogen) atoms. The zero-order valence-electron chi connectivity index (χ0n) is 18.5. The van der Waals surface area contributed by atoms with Gasteiger partial charge in [0.1, 0.15) is 17.2 Å². The Labute approximate surface area is 183 Å². The van der Waals surface area contributed by atoms with Crippen molar-refractivity contribution in [1.82, 2.24) is 20.7 Å². The largest absolute Gasteiger partial charge is 0.497 e. The minimum Gasteiger partial charge on any atom is -0.497 e. The van der Waals surface area contributed by atoms with Crippen LogP contribution in [0.4, 0.5) is 0 Å². The molecular weight excluding hydrogens is 396 g/mol. The van der Waals surface area contributed by atoms with Gasteiger partial charge in [0, 0.05) is 44.6 Å². The highest BCUT2D eigenvalue weighted by molar-refractivity contribution is 5.85. The molecule has 0 saturated carbocycles. The van der Waals surface area contributed by atoms with Gasteiger partial charge in [-0.15, -0.1) is 0 Å². The number of hydrogen-bond acceptors (Lipinski definition) is 6. The fraction of sp³-hybridized carbons (Fsp3) is 0.522. The predicted octanol–water partition coefficient (Wildman–Crippen LogP) is 2.41. The zero-order valence-corrected chi connectivity index (χ0v) is 18.5. The zero-order chi connectivity index (χ0) is 22.2. The highest BCUT2D eigenvalue weighted by atomic mass is 16.5. The van der Waals surface area contributed by atoms with Crippen LogP contribution in [0.5, 0.6) is 5.75 Å². The Hall–Kier alpha value is -2.87. The van der Waals surface area contributed by atoms with Gasteiger partial charge >= 0.3 is 0 Å². The average Bonchev–Trinajstić information content (AvgIpc) is 3.21. The summed E-state index contributed by atoms with van der Waals surface area (Å²) in [6, 6.07) is 9.91. The van der Waals surface area contributed by atoms with Gasteiger partial charge in [-0.1, -0.05) is 23.7 Å².